The summed E-state index contributed by atoms with van der Waals surface area (Å²) in [5.41, 5.74) is 1.76. The number of nitrogens with one attached hydrogen (secondary N) is 2. The number of rotatable bonds is 6. The minimum absolute atomic E-state index is 0.0458. The first-order valence-corrected chi connectivity index (χ1v) is 7.52. The van der Waals surface area contributed by atoms with Crippen LogP contribution in [0.3, 0.4) is 0 Å². The van der Waals surface area contributed by atoms with E-state index in [4.69, 9.17) is 0 Å². The maximum absolute atomic E-state index is 12.1. The van der Waals surface area contributed by atoms with E-state index in [0.717, 1.165) is 24.3 Å². The fourth-order valence-corrected chi connectivity index (χ4v) is 2.61. The van der Waals surface area contributed by atoms with Crippen LogP contribution in [0.1, 0.15) is 30.9 Å². The van der Waals surface area contributed by atoms with Gasteiger partial charge in [0.05, 0.1) is 13.1 Å². The fourth-order valence-electron chi connectivity index (χ4n) is 2.61. The SMILES string of the molecule is Cc1ccc(C[NH+](C)CC(=O)N[C@](C)(C#N)C2CC2)cc1. The number of carbonyl (C=O) groups excluding carboxylic acids is 1. The Morgan fingerprint density at radius 1 is 1.43 bits per heavy atom. The molecular formula is C17H24N3O+. The summed E-state index contributed by atoms with van der Waals surface area (Å²) in [6.45, 7) is 5.09. The Kier molecular flexibility index (Phi) is 4.64. The van der Waals surface area contributed by atoms with Gasteiger partial charge < -0.3 is 10.2 Å². The van der Waals surface area contributed by atoms with E-state index in [0.29, 0.717) is 12.5 Å². The zero-order valence-corrected chi connectivity index (χ0v) is 13.1. The fraction of sp³-hybridized carbons (Fsp3) is 0.529. The maximum Gasteiger partial charge on any atom is 0.276 e. The summed E-state index contributed by atoms with van der Waals surface area (Å²) in [6, 6.07) is 10.6. The van der Waals surface area contributed by atoms with Crippen LogP contribution in [0, 0.1) is 24.2 Å². The zero-order chi connectivity index (χ0) is 15.5. The molecule has 2 atom stereocenters. The Hall–Kier alpha value is -1.86. The molecule has 0 heterocycles. The van der Waals surface area contributed by atoms with Gasteiger partial charge in [0, 0.05) is 5.56 Å². The van der Waals surface area contributed by atoms with Crippen LogP contribution in [0.25, 0.3) is 0 Å². The third-order valence-electron chi connectivity index (χ3n) is 4.11. The Morgan fingerprint density at radius 2 is 2.05 bits per heavy atom. The third-order valence-corrected chi connectivity index (χ3v) is 4.11. The molecular weight excluding hydrogens is 262 g/mol. The molecule has 0 radical (unpaired) electrons. The number of amides is 1. The molecule has 4 nitrogen and oxygen atoms in total. The Balaban J connectivity index is 1.84. The number of hydrogen-bond donors (Lipinski definition) is 2. The molecule has 0 saturated heterocycles. The van der Waals surface area contributed by atoms with Crippen LogP contribution in [0.4, 0.5) is 0 Å². The van der Waals surface area contributed by atoms with Crippen molar-refractivity contribution in [2.45, 2.75) is 38.8 Å². The number of benzene rings is 1. The molecule has 21 heavy (non-hydrogen) atoms. The van der Waals surface area contributed by atoms with Crippen LogP contribution in [-0.4, -0.2) is 25.0 Å². The number of likely N-dealkylation sites (N-methyl/N-ethyl adjacent to an activating group) is 1. The second kappa shape index (κ2) is 6.28. The molecule has 1 aromatic carbocycles. The van der Waals surface area contributed by atoms with Gasteiger partial charge in [-0.2, -0.15) is 5.26 Å². The van der Waals surface area contributed by atoms with E-state index in [9.17, 15) is 10.1 Å². The molecule has 0 aliphatic heterocycles. The zero-order valence-electron chi connectivity index (χ0n) is 13.1. The Bertz CT molecular complexity index is 542. The van der Waals surface area contributed by atoms with Crippen molar-refractivity contribution >= 4 is 5.91 Å². The average molecular weight is 286 g/mol. The van der Waals surface area contributed by atoms with Crippen molar-refractivity contribution in [3.05, 3.63) is 35.4 Å². The first-order chi connectivity index (χ1) is 9.93. The maximum atomic E-state index is 12.1. The predicted molar refractivity (Wildman–Crippen MR) is 81.5 cm³/mol. The summed E-state index contributed by atoms with van der Waals surface area (Å²) in [6.07, 6.45) is 2.08. The van der Waals surface area contributed by atoms with Crippen LogP contribution in [0.15, 0.2) is 24.3 Å². The Morgan fingerprint density at radius 3 is 2.57 bits per heavy atom. The number of hydrogen-bond acceptors (Lipinski definition) is 2. The second-order valence-electron chi connectivity index (χ2n) is 6.43. The largest absolute Gasteiger partial charge is 0.333 e. The van der Waals surface area contributed by atoms with Crippen molar-refractivity contribution in [1.82, 2.24) is 5.32 Å². The summed E-state index contributed by atoms with van der Waals surface area (Å²) < 4.78 is 0. The molecule has 1 fully saturated rings. The van der Waals surface area contributed by atoms with Crippen molar-refractivity contribution in [3.63, 3.8) is 0 Å². The van der Waals surface area contributed by atoms with Gasteiger partial charge in [-0.1, -0.05) is 29.8 Å². The van der Waals surface area contributed by atoms with Gasteiger partial charge in [-0.05, 0) is 32.6 Å². The molecule has 1 aliphatic rings. The van der Waals surface area contributed by atoms with Gasteiger partial charge in [0.2, 0.25) is 0 Å². The monoisotopic (exact) mass is 286 g/mol. The van der Waals surface area contributed by atoms with Crippen LogP contribution in [-0.2, 0) is 11.3 Å². The summed E-state index contributed by atoms with van der Waals surface area (Å²) in [4.78, 5) is 13.2. The van der Waals surface area contributed by atoms with Crippen molar-refractivity contribution in [1.29, 1.82) is 5.26 Å². The van der Waals surface area contributed by atoms with Crippen molar-refractivity contribution in [3.8, 4) is 6.07 Å². The molecule has 1 amide bonds. The topological polar surface area (TPSA) is 57.3 Å². The van der Waals surface area contributed by atoms with E-state index < -0.39 is 5.54 Å². The normalized spacial score (nSPS) is 18.4. The number of nitriles is 1. The first-order valence-electron chi connectivity index (χ1n) is 7.52. The highest BCUT2D eigenvalue weighted by Crippen LogP contribution is 2.39. The van der Waals surface area contributed by atoms with E-state index in [1.165, 1.54) is 11.1 Å². The lowest BCUT2D eigenvalue weighted by Gasteiger charge is -2.23. The predicted octanol–water partition coefficient (Wildman–Crippen LogP) is 0.818. The molecule has 0 aromatic heterocycles. The minimum Gasteiger partial charge on any atom is -0.333 e. The van der Waals surface area contributed by atoms with E-state index in [1.807, 2.05) is 14.0 Å². The molecule has 112 valence electrons. The molecule has 1 unspecified atom stereocenters. The minimum atomic E-state index is -0.693. The lowest BCUT2D eigenvalue weighted by atomic mass is 9.98. The van der Waals surface area contributed by atoms with E-state index >= 15 is 0 Å². The van der Waals surface area contributed by atoms with Crippen LogP contribution < -0.4 is 10.2 Å². The lowest BCUT2D eigenvalue weighted by molar-refractivity contribution is -0.885. The summed E-state index contributed by atoms with van der Waals surface area (Å²) in [7, 11) is 2.00. The molecule has 1 aliphatic carbocycles. The summed E-state index contributed by atoms with van der Waals surface area (Å²) in [5, 5.41) is 12.2. The third kappa shape index (κ3) is 4.30. The second-order valence-corrected chi connectivity index (χ2v) is 6.43. The van der Waals surface area contributed by atoms with Gasteiger partial charge >= 0.3 is 0 Å². The quantitative estimate of drug-likeness (QED) is 0.813. The van der Waals surface area contributed by atoms with Gasteiger partial charge in [-0.3, -0.25) is 4.79 Å². The number of aryl methyl sites for hydroxylation is 1. The summed E-state index contributed by atoms with van der Waals surface area (Å²) in [5.74, 6) is 0.277. The lowest BCUT2D eigenvalue weighted by Crippen LogP contribution is -3.09. The smallest absolute Gasteiger partial charge is 0.276 e. The van der Waals surface area contributed by atoms with Gasteiger partial charge in [0.1, 0.15) is 12.1 Å². The van der Waals surface area contributed by atoms with E-state index in [-0.39, 0.29) is 5.91 Å². The first kappa shape index (κ1) is 15.5. The number of nitrogens with zero attached hydrogens (tertiary/aromatic N) is 1. The highest BCUT2D eigenvalue weighted by molar-refractivity contribution is 5.78. The van der Waals surface area contributed by atoms with E-state index in [2.05, 4.69) is 42.6 Å². The highest BCUT2D eigenvalue weighted by atomic mass is 16.2. The Labute approximate surface area is 126 Å². The van der Waals surface area contributed by atoms with Crippen LogP contribution >= 0.6 is 0 Å². The molecule has 2 N–H and O–H groups in total. The van der Waals surface area contributed by atoms with Crippen molar-refractivity contribution < 1.29 is 9.69 Å². The molecule has 4 heteroatoms. The average Bonchev–Trinajstić information content (AvgIpc) is 3.25. The van der Waals surface area contributed by atoms with Crippen molar-refractivity contribution in [2.75, 3.05) is 13.6 Å². The van der Waals surface area contributed by atoms with E-state index in [1.54, 1.807) is 0 Å². The molecule has 1 aromatic rings. The molecule has 1 saturated carbocycles. The molecule has 0 spiro atoms. The molecule has 2 rings (SSSR count). The standard InChI is InChI=1S/C17H23N3O/c1-13-4-6-14(7-5-13)10-20(3)11-16(21)19-17(2,12-18)15-8-9-15/h4-7,15H,8-11H2,1-3H3,(H,19,21)/p+1/t17-/m1/s1. The molecule has 0 bridgehead atoms. The van der Waals surface area contributed by atoms with Gasteiger partial charge in [-0.25, -0.2) is 0 Å². The van der Waals surface area contributed by atoms with Crippen molar-refractivity contribution in [2.24, 2.45) is 5.92 Å². The highest BCUT2D eigenvalue weighted by Gasteiger charge is 2.43. The number of quaternary nitrogens is 1. The van der Waals surface area contributed by atoms with Gasteiger partial charge in [-0.15, -0.1) is 0 Å². The van der Waals surface area contributed by atoms with Crippen LogP contribution in [0.2, 0.25) is 0 Å². The summed E-state index contributed by atoms with van der Waals surface area (Å²) >= 11 is 0. The van der Waals surface area contributed by atoms with Crippen LogP contribution in [0.5, 0.6) is 0 Å². The van der Waals surface area contributed by atoms with Gasteiger partial charge in [0.15, 0.2) is 6.54 Å². The number of carbonyl (C=O) groups is 1. The van der Waals surface area contributed by atoms with Gasteiger partial charge in [0.25, 0.3) is 5.91 Å².